The van der Waals surface area contributed by atoms with Gasteiger partial charge in [0.15, 0.2) is 0 Å². The average Bonchev–Trinajstić information content (AvgIpc) is 2.75. The van der Waals surface area contributed by atoms with Gasteiger partial charge in [-0.1, -0.05) is 51.0 Å². The fraction of sp³-hybridized carbons (Fsp3) is 0.538. The topological polar surface area (TPSA) is 131 Å². The second kappa shape index (κ2) is 13.4. The highest BCUT2D eigenvalue weighted by Gasteiger charge is 2.36. The third-order valence-corrected chi connectivity index (χ3v) is 5.09. The maximum absolute atomic E-state index is 13.5. The molecule has 3 atom stereocenters. The van der Waals surface area contributed by atoms with E-state index in [1.165, 1.54) is 0 Å². The fourth-order valence-corrected chi connectivity index (χ4v) is 3.46. The summed E-state index contributed by atoms with van der Waals surface area (Å²) in [5, 5.41) is 5.26. The molecule has 1 aromatic carbocycles. The molecule has 9 nitrogen and oxygen atoms in total. The fourth-order valence-electron chi connectivity index (χ4n) is 3.46. The van der Waals surface area contributed by atoms with E-state index in [1.807, 2.05) is 32.9 Å². The summed E-state index contributed by atoms with van der Waals surface area (Å²) in [6.45, 7) is 10.8. The smallest absolute Gasteiger partial charge is 0.408 e. The van der Waals surface area contributed by atoms with Crippen LogP contribution in [0.15, 0.2) is 24.3 Å². The Balaban J connectivity index is 3.39. The van der Waals surface area contributed by atoms with Gasteiger partial charge < -0.3 is 21.1 Å². The number of alkyl carbamates (subject to hydrolysis) is 1. The van der Waals surface area contributed by atoms with Crippen LogP contribution in [0.2, 0.25) is 0 Å². The summed E-state index contributed by atoms with van der Waals surface area (Å²) in [6.07, 6.45) is 6.66. The van der Waals surface area contributed by atoms with Crippen LogP contribution in [-0.4, -0.2) is 46.4 Å². The van der Waals surface area contributed by atoms with E-state index in [1.54, 1.807) is 32.9 Å². The van der Waals surface area contributed by atoms with Crippen molar-refractivity contribution in [2.45, 2.75) is 91.0 Å². The summed E-state index contributed by atoms with van der Waals surface area (Å²) < 4.78 is 5.21. The standard InChI is InChI=1S/C26H38N4O5/c1-8-11-17(4)28-23(32)22(19-14-12-18(9-2)13-15-19)30(10-3)24(33)20(16-21(27)31)29-25(34)35-26(5,6)7/h3,12-15,17,20,22H,8-9,11,16H2,1-2,4-7H3,(H2,27,31)(H,28,32)(H,29,34). The largest absolute Gasteiger partial charge is 0.444 e. The van der Waals surface area contributed by atoms with Gasteiger partial charge in [0.25, 0.3) is 5.91 Å². The number of hydrogen-bond acceptors (Lipinski definition) is 5. The molecule has 3 unspecified atom stereocenters. The van der Waals surface area contributed by atoms with Crippen LogP contribution in [0.1, 0.15) is 78.0 Å². The van der Waals surface area contributed by atoms with Gasteiger partial charge in [0.1, 0.15) is 17.7 Å². The van der Waals surface area contributed by atoms with Gasteiger partial charge in [-0.2, -0.15) is 0 Å². The zero-order valence-corrected chi connectivity index (χ0v) is 21.5. The monoisotopic (exact) mass is 486 g/mol. The molecular weight excluding hydrogens is 448 g/mol. The minimum atomic E-state index is -1.42. The minimum absolute atomic E-state index is 0.152. The maximum atomic E-state index is 13.5. The number of aryl methyl sites for hydroxylation is 1. The molecule has 0 aliphatic heterocycles. The zero-order valence-electron chi connectivity index (χ0n) is 21.5. The molecule has 0 spiro atoms. The van der Waals surface area contributed by atoms with E-state index in [0.717, 1.165) is 29.7 Å². The first-order valence-electron chi connectivity index (χ1n) is 11.8. The van der Waals surface area contributed by atoms with Crippen LogP contribution in [-0.2, 0) is 25.5 Å². The van der Waals surface area contributed by atoms with Crippen molar-refractivity contribution >= 4 is 23.8 Å². The van der Waals surface area contributed by atoms with Crippen molar-refractivity contribution in [1.82, 2.24) is 15.5 Å². The number of nitrogens with zero attached hydrogens (tertiary/aromatic N) is 1. The van der Waals surface area contributed by atoms with Crippen LogP contribution in [0.5, 0.6) is 0 Å². The lowest BCUT2D eigenvalue weighted by Crippen LogP contribution is -2.53. The van der Waals surface area contributed by atoms with Crippen LogP contribution in [0.4, 0.5) is 4.79 Å². The van der Waals surface area contributed by atoms with E-state index in [0.29, 0.717) is 5.56 Å². The molecule has 0 saturated heterocycles. The summed E-state index contributed by atoms with van der Waals surface area (Å²) >= 11 is 0. The van der Waals surface area contributed by atoms with Crippen molar-refractivity contribution in [3.8, 4) is 12.5 Å². The van der Waals surface area contributed by atoms with E-state index >= 15 is 0 Å². The number of ether oxygens (including phenoxy) is 1. The Morgan fingerprint density at radius 3 is 2.17 bits per heavy atom. The van der Waals surface area contributed by atoms with Gasteiger partial charge in [-0.15, -0.1) is 0 Å². The average molecular weight is 487 g/mol. The third-order valence-electron chi connectivity index (χ3n) is 5.09. The molecule has 0 aliphatic carbocycles. The van der Waals surface area contributed by atoms with Crippen molar-refractivity contribution in [2.24, 2.45) is 5.73 Å². The molecular formula is C26H38N4O5. The third kappa shape index (κ3) is 9.69. The molecule has 0 fully saturated rings. The Kier molecular flexibility index (Phi) is 11.3. The molecule has 1 aromatic rings. The van der Waals surface area contributed by atoms with E-state index < -0.39 is 47.9 Å². The van der Waals surface area contributed by atoms with Gasteiger partial charge in [-0.25, -0.2) is 4.79 Å². The summed E-state index contributed by atoms with van der Waals surface area (Å²) in [5.74, 6) is -2.14. The Labute approximate surface area is 208 Å². The molecule has 4 N–H and O–H groups in total. The molecule has 9 heteroatoms. The number of carbonyl (C=O) groups excluding carboxylic acids is 4. The van der Waals surface area contributed by atoms with Crippen molar-refractivity contribution in [3.63, 3.8) is 0 Å². The number of terminal acetylenes is 1. The van der Waals surface area contributed by atoms with Crippen LogP contribution in [0.3, 0.4) is 0 Å². The molecule has 0 heterocycles. The van der Waals surface area contributed by atoms with Gasteiger partial charge in [-0.05, 0) is 51.7 Å². The first-order chi connectivity index (χ1) is 16.3. The number of hydrogen-bond donors (Lipinski definition) is 3. The number of amides is 4. The van der Waals surface area contributed by atoms with Crippen molar-refractivity contribution in [1.29, 1.82) is 0 Å². The lowest BCUT2D eigenvalue weighted by Gasteiger charge is -2.31. The second-order valence-electron chi connectivity index (χ2n) is 9.40. The van der Waals surface area contributed by atoms with E-state index in [-0.39, 0.29) is 6.04 Å². The van der Waals surface area contributed by atoms with E-state index in [4.69, 9.17) is 16.9 Å². The SMILES string of the molecule is C#CN(C(=O)C(CC(N)=O)NC(=O)OC(C)(C)C)C(C(=O)NC(C)CCC)c1ccc(CC)cc1. The van der Waals surface area contributed by atoms with Crippen molar-refractivity contribution < 1.29 is 23.9 Å². The summed E-state index contributed by atoms with van der Waals surface area (Å²) in [4.78, 5) is 51.7. The molecule has 4 amide bonds. The number of rotatable bonds is 11. The molecule has 0 aromatic heterocycles. The van der Waals surface area contributed by atoms with Gasteiger partial charge in [0.2, 0.25) is 11.8 Å². The highest BCUT2D eigenvalue weighted by molar-refractivity contribution is 5.95. The molecule has 0 radical (unpaired) electrons. The van der Waals surface area contributed by atoms with E-state index in [9.17, 15) is 19.2 Å². The number of benzene rings is 1. The highest BCUT2D eigenvalue weighted by atomic mass is 16.6. The molecule has 0 aliphatic rings. The highest BCUT2D eigenvalue weighted by Crippen LogP contribution is 2.24. The first kappa shape index (κ1) is 29.5. The Hall–Kier alpha value is -3.54. The lowest BCUT2D eigenvalue weighted by atomic mass is 10.00. The van der Waals surface area contributed by atoms with Gasteiger partial charge in [0, 0.05) is 12.1 Å². The summed E-state index contributed by atoms with van der Waals surface area (Å²) in [5.41, 5.74) is 6.02. The Morgan fingerprint density at radius 1 is 1.11 bits per heavy atom. The first-order valence-corrected chi connectivity index (χ1v) is 11.8. The van der Waals surface area contributed by atoms with Crippen molar-refractivity contribution in [2.75, 3.05) is 0 Å². The van der Waals surface area contributed by atoms with Gasteiger partial charge in [0.05, 0.1) is 6.42 Å². The molecule has 35 heavy (non-hydrogen) atoms. The Morgan fingerprint density at radius 2 is 1.71 bits per heavy atom. The number of nitrogens with two attached hydrogens (primary N) is 1. The number of nitrogens with one attached hydrogen (secondary N) is 2. The van der Waals surface area contributed by atoms with Crippen LogP contribution in [0.25, 0.3) is 0 Å². The lowest BCUT2D eigenvalue weighted by molar-refractivity contribution is -0.139. The predicted molar refractivity (Wildman–Crippen MR) is 134 cm³/mol. The molecule has 0 saturated carbocycles. The minimum Gasteiger partial charge on any atom is -0.444 e. The van der Waals surface area contributed by atoms with Crippen LogP contribution < -0.4 is 16.4 Å². The van der Waals surface area contributed by atoms with Gasteiger partial charge >= 0.3 is 6.09 Å². The molecule has 192 valence electrons. The van der Waals surface area contributed by atoms with E-state index in [2.05, 4.69) is 16.7 Å². The Bertz CT molecular complexity index is 931. The van der Waals surface area contributed by atoms with Gasteiger partial charge in [-0.3, -0.25) is 19.3 Å². The van der Waals surface area contributed by atoms with Crippen LogP contribution >= 0.6 is 0 Å². The van der Waals surface area contributed by atoms with Crippen molar-refractivity contribution in [3.05, 3.63) is 35.4 Å². The number of carbonyl (C=O) groups is 4. The molecule has 0 bridgehead atoms. The van der Waals surface area contributed by atoms with Crippen LogP contribution in [0, 0.1) is 12.5 Å². The quantitative estimate of drug-likeness (QED) is 0.327. The number of primary amides is 1. The summed E-state index contributed by atoms with van der Waals surface area (Å²) in [6, 6.07) is 6.68. The second-order valence-corrected chi connectivity index (χ2v) is 9.40. The summed E-state index contributed by atoms with van der Waals surface area (Å²) in [7, 11) is 0. The zero-order chi connectivity index (χ0) is 26.8. The normalized spacial score (nSPS) is 13.5. The predicted octanol–water partition coefficient (Wildman–Crippen LogP) is 2.78. The molecule has 1 rings (SSSR count). The maximum Gasteiger partial charge on any atom is 0.408 e.